The Balaban J connectivity index is 1.89. The van der Waals surface area contributed by atoms with E-state index in [0.717, 1.165) is 30.8 Å². The van der Waals surface area contributed by atoms with Gasteiger partial charge in [-0.05, 0) is 35.9 Å². The van der Waals surface area contributed by atoms with Gasteiger partial charge in [0, 0.05) is 20.2 Å². The number of piperidine rings is 1. The molecule has 3 rings (SSSR count). The number of methoxy groups -OCH3 is 1. The van der Waals surface area contributed by atoms with Crippen molar-refractivity contribution >= 4 is 22.4 Å². The molecular weight excluding hydrogens is 282 g/mol. The summed E-state index contributed by atoms with van der Waals surface area (Å²) in [6.45, 7) is 2.92. The Morgan fingerprint density at radius 1 is 1.38 bits per heavy atom. The molecule has 1 aliphatic heterocycles. The van der Waals surface area contributed by atoms with Crippen LogP contribution in [0.5, 0.6) is 0 Å². The van der Waals surface area contributed by atoms with Crippen LogP contribution >= 0.6 is 11.5 Å². The van der Waals surface area contributed by atoms with Gasteiger partial charge in [0.15, 0.2) is 0 Å². The number of anilines is 2. The normalized spacial score (nSPS) is 18.9. The van der Waals surface area contributed by atoms with Gasteiger partial charge in [-0.1, -0.05) is 30.3 Å². The molecule has 1 saturated heterocycles. The third-order valence-corrected chi connectivity index (χ3v) is 4.89. The fourth-order valence-electron chi connectivity index (χ4n) is 3.01. The molecule has 0 amide bonds. The molecule has 4 nitrogen and oxygen atoms in total. The monoisotopic (exact) mass is 303 g/mol. The van der Waals surface area contributed by atoms with Crippen molar-refractivity contribution in [3.05, 3.63) is 30.3 Å². The third-order valence-electron chi connectivity index (χ3n) is 3.97. The van der Waals surface area contributed by atoms with Crippen LogP contribution in [-0.4, -0.2) is 31.2 Å². The van der Waals surface area contributed by atoms with Gasteiger partial charge in [0.2, 0.25) is 0 Å². The molecule has 1 aliphatic rings. The summed E-state index contributed by atoms with van der Waals surface area (Å²) in [5.74, 6) is 1.23. The lowest BCUT2D eigenvalue weighted by atomic mass is 9.98. The highest BCUT2D eigenvalue weighted by Crippen LogP contribution is 2.40. The number of hydrogen-bond acceptors (Lipinski definition) is 5. The van der Waals surface area contributed by atoms with Gasteiger partial charge in [-0.2, -0.15) is 4.37 Å². The number of aromatic nitrogens is 1. The molecular formula is C16H21N3OS. The molecule has 0 aliphatic carbocycles. The predicted octanol–water partition coefficient (Wildman–Crippen LogP) is 3.26. The van der Waals surface area contributed by atoms with Crippen LogP contribution in [0.2, 0.25) is 0 Å². The first kappa shape index (κ1) is 14.4. The summed E-state index contributed by atoms with van der Waals surface area (Å²) in [4.78, 5) is 2.42. The van der Waals surface area contributed by atoms with Crippen molar-refractivity contribution in [1.29, 1.82) is 0 Å². The molecule has 5 heteroatoms. The lowest BCUT2D eigenvalue weighted by molar-refractivity contribution is 0.143. The minimum absolute atomic E-state index is 0.593. The lowest BCUT2D eigenvalue weighted by Crippen LogP contribution is -2.36. The van der Waals surface area contributed by atoms with E-state index in [9.17, 15) is 0 Å². The first-order valence-corrected chi connectivity index (χ1v) is 8.11. The number of nitrogens with two attached hydrogens (primary N) is 1. The van der Waals surface area contributed by atoms with E-state index in [1.165, 1.54) is 29.4 Å². The topological polar surface area (TPSA) is 51.4 Å². The van der Waals surface area contributed by atoms with Gasteiger partial charge in [-0.15, -0.1) is 0 Å². The Bertz CT molecular complexity index is 582. The molecule has 112 valence electrons. The second-order valence-corrected chi connectivity index (χ2v) is 6.28. The zero-order valence-electron chi connectivity index (χ0n) is 12.3. The number of benzene rings is 1. The smallest absolute Gasteiger partial charge is 0.147 e. The second kappa shape index (κ2) is 6.45. The highest BCUT2D eigenvalue weighted by atomic mass is 32.1. The van der Waals surface area contributed by atoms with Gasteiger partial charge in [-0.25, -0.2) is 0 Å². The molecule has 0 saturated carbocycles. The maximum atomic E-state index is 6.12. The molecule has 2 N–H and O–H groups in total. The lowest BCUT2D eigenvalue weighted by Gasteiger charge is -2.33. The van der Waals surface area contributed by atoms with E-state index in [1.54, 1.807) is 7.11 Å². The van der Waals surface area contributed by atoms with Gasteiger partial charge in [0.05, 0.1) is 12.2 Å². The highest BCUT2D eigenvalue weighted by molar-refractivity contribution is 7.11. The fourth-order valence-corrected chi connectivity index (χ4v) is 3.88. The minimum atomic E-state index is 0.593. The van der Waals surface area contributed by atoms with E-state index in [0.29, 0.717) is 11.7 Å². The highest BCUT2D eigenvalue weighted by Gasteiger charge is 2.25. The average molecular weight is 303 g/mol. The predicted molar refractivity (Wildman–Crippen MR) is 88.8 cm³/mol. The van der Waals surface area contributed by atoms with Crippen molar-refractivity contribution in [2.75, 3.05) is 37.4 Å². The quantitative estimate of drug-likeness (QED) is 0.942. The van der Waals surface area contributed by atoms with Gasteiger partial charge in [-0.3, -0.25) is 0 Å². The molecule has 0 spiro atoms. The van der Waals surface area contributed by atoms with Crippen molar-refractivity contribution in [2.45, 2.75) is 12.8 Å². The summed E-state index contributed by atoms with van der Waals surface area (Å²) in [5.41, 5.74) is 8.35. The molecule has 1 atom stereocenters. The maximum Gasteiger partial charge on any atom is 0.147 e. The SMILES string of the molecule is COCC1CCCN(c2snc(N)c2-c2ccccc2)C1. The van der Waals surface area contributed by atoms with E-state index < -0.39 is 0 Å². The summed E-state index contributed by atoms with van der Waals surface area (Å²) in [5, 5.41) is 1.19. The summed E-state index contributed by atoms with van der Waals surface area (Å²) >= 11 is 1.51. The van der Waals surface area contributed by atoms with E-state index in [1.807, 2.05) is 18.2 Å². The zero-order chi connectivity index (χ0) is 14.7. The second-order valence-electron chi connectivity index (χ2n) is 5.52. The molecule has 0 bridgehead atoms. The van der Waals surface area contributed by atoms with Gasteiger partial charge < -0.3 is 15.4 Å². The van der Waals surface area contributed by atoms with E-state index in [2.05, 4.69) is 21.4 Å². The first-order valence-electron chi connectivity index (χ1n) is 7.34. The van der Waals surface area contributed by atoms with Crippen LogP contribution in [0, 0.1) is 5.92 Å². The van der Waals surface area contributed by atoms with Crippen molar-refractivity contribution < 1.29 is 4.74 Å². The Labute approximate surface area is 129 Å². The van der Waals surface area contributed by atoms with Crippen LogP contribution in [-0.2, 0) is 4.74 Å². The molecule has 1 aromatic carbocycles. The Morgan fingerprint density at radius 2 is 2.19 bits per heavy atom. The van der Waals surface area contributed by atoms with Crippen molar-refractivity contribution in [1.82, 2.24) is 4.37 Å². The molecule has 2 heterocycles. The Hall–Kier alpha value is -1.59. The van der Waals surface area contributed by atoms with Crippen molar-refractivity contribution in [3.63, 3.8) is 0 Å². The number of nitrogens with zero attached hydrogens (tertiary/aromatic N) is 2. The summed E-state index contributed by atoms with van der Waals surface area (Å²) in [6, 6.07) is 10.3. The van der Waals surface area contributed by atoms with Gasteiger partial charge in [0.25, 0.3) is 0 Å². The van der Waals surface area contributed by atoms with Crippen LogP contribution in [0.3, 0.4) is 0 Å². The van der Waals surface area contributed by atoms with Crippen LogP contribution in [0.4, 0.5) is 10.8 Å². The van der Waals surface area contributed by atoms with Crippen LogP contribution < -0.4 is 10.6 Å². The van der Waals surface area contributed by atoms with Crippen molar-refractivity contribution in [2.24, 2.45) is 5.92 Å². The van der Waals surface area contributed by atoms with Crippen LogP contribution in [0.25, 0.3) is 11.1 Å². The third kappa shape index (κ3) is 3.04. The Morgan fingerprint density at radius 3 is 2.95 bits per heavy atom. The number of ether oxygens (including phenoxy) is 1. The zero-order valence-corrected chi connectivity index (χ0v) is 13.1. The molecule has 1 fully saturated rings. The van der Waals surface area contributed by atoms with E-state index in [-0.39, 0.29) is 0 Å². The largest absolute Gasteiger partial charge is 0.384 e. The summed E-state index contributed by atoms with van der Waals surface area (Å²) in [6.07, 6.45) is 2.43. The molecule has 1 aromatic heterocycles. The van der Waals surface area contributed by atoms with Crippen molar-refractivity contribution in [3.8, 4) is 11.1 Å². The van der Waals surface area contributed by atoms with Crippen LogP contribution in [0.15, 0.2) is 30.3 Å². The first-order chi connectivity index (χ1) is 10.3. The van der Waals surface area contributed by atoms with Gasteiger partial charge >= 0.3 is 0 Å². The molecule has 21 heavy (non-hydrogen) atoms. The standard InChI is InChI=1S/C16H21N3OS/c1-20-11-12-6-5-9-19(10-12)16-14(15(17)18-21-16)13-7-3-2-4-8-13/h2-4,7-8,12H,5-6,9-11H2,1H3,(H2,17,18). The average Bonchev–Trinajstić information content (AvgIpc) is 2.90. The fraction of sp³-hybridized carbons (Fsp3) is 0.438. The van der Waals surface area contributed by atoms with Gasteiger partial charge in [0.1, 0.15) is 10.8 Å². The van der Waals surface area contributed by atoms with E-state index in [4.69, 9.17) is 10.5 Å². The molecule has 2 aromatic rings. The Kier molecular flexibility index (Phi) is 4.41. The number of hydrogen-bond donors (Lipinski definition) is 1. The summed E-state index contributed by atoms with van der Waals surface area (Å²) in [7, 11) is 1.78. The molecule has 0 radical (unpaired) electrons. The molecule has 1 unspecified atom stereocenters. The maximum absolute atomic E-state index is 6.12. The van der Waals surface area contributed by atoms with Crippen LogP contribution in [0.1, 0.15) is 12.8 Å². The number of nitrogen functional groups attached to an aromatic ring is 1. The number of rotatable bonds is 4. The van der Waals surface area contributed by atoms with E-state index >= 15 is 0 Å². The summed E-state index contributed by atoms with van der Waals surface area (Å²) < 4.78 is 9.71. The minimum Gasteiger partial charge on any atom is -0.384 e.